The predicted octanol–water partition coefficient (Wildman–Crippen LogP) is 2.75. The van der Waals surface area contributed by atoms with Crippen molar-refractivity contribution in [3.63, 3.8) is 0 Å². The zero-order valence-corrected chi connectivity index (χ0v) is 12.2. The summed E-state index contributed by atoms with van der Waals surface area (Å²) in [6.07, 6.45) is 5.98. The van der Waals surface area contributed by atoms with Gasteiger partial charge in [-0.2, -0.15) is 0 Å². The number of thioether (sulfide) groups is 1. The third-order valence-corrected chi connectivity index (χ3v) is 3.78. The summed E-state index contributed by atoms with van der Waals surface area (Å²) in [7, 11) is 0. The normalized spacial score (nSPS) is 16.8. The molecule has 18 heavy (non-hydrogen) atoms. The molecule has 1 aromatic heterocycles. The van der Waals surface area contributed by atoms with E-state index in [1.165, 1.54) is 44.1 Å². The SMILES string of the molecule is CSc1nc(Cl)cc(NCCN2CCCCC2)n1. The average Bonchev–Trinajstić information content (AvgIpc) is 2.39. The molecule has 0 spiro atoms. The van der Waals surface area contributed by atoms with Crippen LogP contribution in [0.1, 0.15) is 19.3 Å². The molecule has 1 aliphatic rings. The van der Waals surface area contributed by atoms with Crippen molar-refractivity contribution in [1.29, 1.82) is 0 Å². The highest BCUT2D eigenvalue weighted by atomic mass is 35.5. The Labute approximate surface area is 118 Å². The first-order chi connectivity index (χ1) is 8.78. The zero-order valence-electron chi connectivity index (χ0n) is 10.7. The quantitative estimate of drug-likeness (QED) is 0.512. The van der Waals surface area contributed by atoms with Gasteiger partial charge in [0.05, 0.1) is 0 Å². The van der Waals surface area contributed by atoms with Gasteiger partial charge in [0.15, 0.2) is 5.16 Å². The van der Waals surface area contributed by atoms with Crippen LogP contribution in [0.2, 0.25) is 5.15 Å². The monoisotopic (exact) mass is 286 g/mol. The molecule has 1 fully saturated rings. The van der Waals surface area contributed by atoms with Gasteiger partial charge in [-0.05, 0) is 32.2 Å². The summed E-state index contributed by atoms with van der Waals surface area (Å²) in [6.45, 7) is 4.42. The lowest BCUT2D eigenvalue weighted by Crippen LogP contribution is -2.33. The number of nitrogens with zero attached hydrogens (tertiary/aromatic N) is 3. The number of rotatable bonds is 5. The number of likely N-dealkylation sites (tertiary alicyclic amines) is 1. The van der Waals surface area contributed by atoms with Gasteiger partial charge in [-0.25, -0.2) is 9.97 Å². The maximum absolute atomic E-state index is 5.94. The minimum absolute atomic E-state index is 0.495. The van der Waals surface area contributed by atoms with E-state index in [0.717, 1.165) is 18.9 Å². The first-order valence-corrected chi connectivity index (χ1v) is 7.93. The molecule has 100 valence electrons. The molecule has 0 aromatic carbocycles. The molecule has 0 atom stereocenters. The van der Waals surface area contributed by atoms with E-state index in [0.29, 0.717) is 10.3 Å². The molecule has 0 unspecified atom stereocenters. The number of piperidine rings is 1. The second-order valence-electron chi connectivity index (χ2n) is 4.39. The largest absolute Gasteiger partial charge is 0.369 e. The molecule has 1 aliphatic heterocycles. The fraction of sp³-hybridized carbons (Fsp3) is 0.667. The summed E-state index contributed by atoms with van der Waals surface area (Å²) >= 11 is 7.44. The summed E-state index contributed by atoms with van der Waals surface area (Å²) in [4.78, 5) is 11.0. The molecule has 0 bridgehead atoms. The summed E-state index contributed by atoms with van der Waals surface area (Å²) in [6, 6.07) is 1.78. The Hall–Kier alpha value is -0.520. The lowest BCUT2D eigenvalue weighted by molar-refractivity contribution is 0.237. The van der Waals surface area contributed by atoms with Crippen molar-refractivity contribution >= 4 is 29.2 Å². The van der Waals surface area contributed by atoms with Gasteiger partial charge in [0.25, 0.3) is 0 Å². The lowest BCUT2D eigenvalue weighted by atomic mass is 10.1. The molecule has 1 aromatic rings. The van der Waals surface area contributed by atoms with E-state index in [-0.39, 0.29) is 0 Å². The van der Waals surface area contributed by atoms with Gasteiger partial charge in [0, 0.05) is 19.2 Å². The maximum Gasteiger partial charge on any atom is 0.190 e. The second kappa shape index (κ2) is 7.16. The summed E-state index contributed by atoms with van der Waals surface area (Å²) < 4.78 is 0. The summed E-state index contributed by atoms with van der Waals surface area (Å²) in [5.41, 5.74) is 0. The smallest absolute Gasteiger partial charge is 0.190 e. The van der Waals surface area contributed by atoms with Gasteiger partial charge < -0.3 is 10.2 Å². The third-order valence-electron chi connectivity index (χ3n) is 3.04. The van der Waals surface area contributed by atoms with Gasteiger partial charge in [0.2, 0.25) is 0 Å². The van der Waals surface area contributed by atoms with Gasteiger partial charge in [-0.15, -0.1) is 0 Å². The fourth-order valence-electron chi connectivity index (χ4n) is 2.10. The van der Waals surface area contributed by atoms with E-state index in [1.54, 1.807) is 6.07 Å². The number of aromatic nitrogens is 2. The Morgan fingerprint density at radius 1 is 1.33 bits per heavy atom. The highest BCUT2D eigenvalue weighted by Crippen LogP contribution is 2.17. The molecule has 6 heteroatoms. The van der Waals surface area contributed by atoms with Gasteiger partial charge in [-0.3, -0.25) is 0 Å². The van der Waals surface area contributed by atoms with Crippen LogP contribution in [0, 0.1) is 0 Å². The zero-order chi connectivity index (χ0) is 12.8. The molecule has 1 N–H and O–H groups in total. The van der Waals surface area contributed by atoms with E-state index in [4.69, 9.17) is 11.6 Å². The molecule has 2 heterocycles. The molecule has 0 aliphatic carbocycles. The Kier molecular flexibility index (Phi) is 5.53. The van der Waals surface area contributed by atoms with Crippen molar-refractivity contribution in [2.24, 2.45) is 0 Å². The van der Waals surface area contributed by atoms with Crippen LogP contribution in [0.15, 0.2) is 11.2 Å². The Balaban J connectivity index is 1.80. The standard InChI is InChI=1S/C12H19ClN4S/c1-18-12-15-10(13)9-11(16-12)14-5-8-17-6-3-2-4-7-17/h9H,2-8H2,1H3,(H,14,15,16). The topological polar surface area (TPSA) is 41.1 Å². The first kappa shape index (κ1) is 13.9. The molecule has 0 saturated carbocycles. The van der Waals surface area contributed by atoms with Crippen LogP contribution in [0.4, 0.5) is 5.82 Å². The Morgan fingerprint density at radius 2 is 2.11 bits per heavy atom. The molecular formula is C12H19ClN4S. The van der Waals surface area contributed by atoms with Crippen LogP contribution in [-0.4, -0.2) is 47.3 Å². The van der Waals surface area contributed by atoms with E-state index in [1.807, 2.05) is 6.26 Å². The molecule has 0 amide bonds. The van der Waals surface area contributed by atoms with Crippen LogP contribution >= 0.6 is 23.4 Å². The average molecular weight is 287 g/mol. The highest BCUT2D eigenvalue weighted by Gasteiger charge is 2.09. The molecule has 0 radical (unpaired) electrons. The van der Waals surface area contributed by atoms with Crippen molar-refractivity contribution in [3.05, 3.63) is 11.2 Å². The summed E-state index contributed by atoms with van der Waals surface area (Å²) in [5.74, 6) is 0.816. The highest BCUT2D eigenvalue weighted by molar-refractivity contribution is 7.98. The van der Waals surface area contributed by atoms with Crippen molar-refractivity contribution < 1.29 is 0 Å². The Morgan fingerprint density at radius 3 is 2.83 bits per heavy atom. The molecule has 4 nitrogen and oxygen atoms in total. The second-order valence-corrected chi connectivity index (χ2v) is 5.55. The molecule has 1 saturated heterocycles. The van der Waals surface area contributed by atoms with Crippen LogP contribution in [0.3, 0.4) is 0 Å². The van der Waals surface area contributed by atoms with Crippen LogP contribution in [0.5, 0.6) is 0 Å². The number of halogens is 1. The van der Waals surface area contributed by atoms with Gasteiger partial charge in [0.1, 0.15) is 11.0 Å². The van der Waals surface area contributed by atoms with E-state index < -0.39 is 0 Å². The van der Waals surface area contributed by atoms with E-state index in [9.17, 15) is 0 Å². The molecule has 2 rings (SSSR count). The van der Waals surface area contributed by atoms with E-state index in [2.05, 4.69) is 20.2 Å². The lowest BCUT2D eigenvalue weighted by Gasteiger charge is -2.26. The minimum Gasteiger partial charge on any atom is -0.369 e. The summed E-state index contributed by atoms with van der Waals surface area (Å²) in [5, 5.41) is 4.52. The predicted molar refractivity (Wildman–Crippen MR) is 77.6 cm³/mol. The number of anilines is 1. The number of hydrogen-bond donors (Lipinski definition) is 1. The van der Waals surface area contributed by atoms with Crippen LogP contribution in [-0.2, 0) is 0 Å². The molecular weight excluding hydrogens is 268 g/mol. The first-order valence-electron chi connectivity index (χ1n) is 6.33. The third kappa shape index (κ3) is 4.30. The minimum atomic E-state index is 0.495. The van der Waals surface area contributed by atoms with Crippen LogP contribution in [0.25, 0.3) is 0 Å². The van der Waals surface area contributed by atoms with Crippen molar-refractivity contribution in [1.82, 2.24) is 14.9 Å². The number of nitrogens with one attached hydrogen (secondary N) is 1. The van der Waals surface area contributed by atoms with Crippen LogP contribution < -0.4 is 5.32 Å². The Bertz CT molecular complexity index is 382. The van der Waals surface area contributed by atoms with Crippen molar-refractivity contribution in [2.75, 3.05) is 37.8 Å². The van der Waals surface area contributed by atoms with E-state index >= 15 is 0 Å². The van der Waals surface area contributed by atoms with Crippen molar-refractivity contribution in [2.45, 2.75) is 24.4 Å². The van der Waals surface area contributed by atoms with Gasteiger partial charge in [-0.1, -0.05) is 29.8 Å². The number of hydrogen-bond acceptors (Lipinski definition) is 5. The maximum atomic E-state index is 5.94. The van der Waals surface area contributed by atoms with Gasteiger partial charge >= 0.3 is 0 Å². The van der Waals surface area contributed by atoms with Crippen molar-refractivity contribution in [3.8, 4) is 0 Å². The fourth-order valence-corrected chi connectivity index (χ4v) is 2.72.